The summed E-state index contributed by atoms with van der Waals surface area (Å²) in [5, 5.41) is 1.86. The molecule has 0 aliphatic carbocycles. The van der Waals surface area contributed by atoms with Crippen molar-refractivity contribution >= 4 is 5.78 Å². The number of fused-ring (bicyclic) bond motifs is 1. The Hall–Kier alpha value is -2.07. The molecule has 3 rings (SSSR count). The summed E-state index contributed by atoms with van der Waals surface area (Å²) in [5.74, 6) is 0.0545. The van der Waals surface area contributed by atoms with E-state index in [9.17, 15) is 4.79 Å². The summed E-state index contributed by atoms with van der Waals surface area (Å²) in [7, 11) is 0. The molecule has 1 aromatic rings. The van der Waals surface area contributed by atoms with E-state index in [4.69, 9.17) is 4.74 Å². The highest BCUT2D eigenvalue weighted by atomic mass is 16.5. The van der Waals surface area contributed by atoms with Gasteiger partial charge in [-0.2, -0.15) is 0 Å². The van der Waals surface area contributed by atoms with E-state index >= 15 is 0 Å². The molecule has 18 heavy (non-hydrogen) atoms. The number of rotatable bonds is 2. The molecule has 2 aliphatic rings. The lowest BCUT2D eigenvalue weighted by Crippen LogP contribution is -2.49. The smallest absolute Gasteiger partial charge is 0.157 e. The van der Waals surface area contributed by atoms with Crippen molar-refractivity contribution in [2.75, 3.05) is 6.54 Å². The molecule has 4 heteroatoms. The Labute approximate surface area is 106 Å². The maximum atomic E-state index is 12.0. The summed E-state index contributed by atoms with van der Waals surface area (Å²) in [6, 6.07) is 10.0. The normalized spacial score (nSPS) is 22.2. The second kappa shape index (κ2) is 4.66. The molecule has 2 heterocycles. The van der Waals surface area contributed by atoms with Crippen molar-refractivity contribution in [1.29, 1.82) is 0 Å². The van der Waals surface area contributed by atoms with Crippen LogP contribution in [0.4, 0.5) is 0 Å². The average molecular weight is 242 g/mol. The highest BCUT2D eigenvalue weighted by Crippen LogP contribution is 2.26. The third-order valence-corrected chi connectivity index (χ3v) is 3.21. The molecule has 1 atom stereocenters. The lowest BCUT2D eigenvalue weighted by molar-refractivity contribution is -0.124. The van der Waals surface area contributed by atoms with Crippen molar-refractivity contribution in [1.82, 2.24) is 10.4 Å². The zero-order chi connectivity index (χ0) is 12.4. The van der Waals surface area contributed by atoms with E-state index in [1.165, 1.54) is 0 Å². The predicted octanol–water partition coefficient (Wildman–Crippen LogP) is 1.58. The van der Waals surface area contributed by atoms with Gasteiger partial charge < -0.3 is 4.74 Å². The van der Waals surface area contributed by atoms with Crippen LogP contribution in [0, 0.1) is 5.92 Å². The molecule has 2 aliphatic heterocycles. The van der Waals surface area contributed by atoms with E-state index < -0.39 is 0 Å². The Balaban J connectivity index is 1.84. The molecule has 0 spiro atoms. The molecular weight excluding hydrogens is 228 g/mol. The average Bonchev–Trinajstić information content (AvgIpc) is 2.43. The van der Waals surface area contributed by atoms with Crippen LogP contribution in [0.2, 0.25) is 0 Å². The van der Waals surface area contributed by atoms with Crippen LogP contribution in [0.15, 0.2) is 54.8 Å². The van der Waals surface area contributed by atoms with Crippen molar-refractivity contribution in [3.05, 3.63) is 60.3 Å². The topological polar surface area (TPSA) is 41.6 Å². The van der Waals surface area contributed by atoms with Gasteiger partial charge in [0.2, 0.25) is 0 Å². The summed E-state index contributed by atoms with van der Waals surface area (Å²) < 4.78 is 5.18. The third kappa shape index (κ3) is 2.02. The number of ether oxygens (including phenoxy) is 1. The van der Waals surface area contributed by atoms with Crippen LogP contribution < -0.4 is 5.43 Å². The van der Waals surface area contributed by atoms with Crippen molar-refractivity contribution in [3.8, 4) is 0 Å². The number of Topliss-reactive ketones (excluding diaryl/α,β-unsaturated/α-hetero) is 1. The first-order chi connectivity index (χ1) is 8.84. The Morgan fingerprint density at radius 2 is 2.17 bits per heavy atom. The number of nitrogens with one attached hydrogen (secondary N) is 1. The van der Waals surface area contributed by atoms with Gasteiger partial charge in [0.1, 0.15) is 12.5 Å². The SMILES string of the molecule is O=C1CNN2C=COC=C2C1Cc1ccccc1. The number of hydrogen-bond acceptors (Lipinski definition) is 4. The van der Waals surface area contributed by atoms with Gasteiger partial charge in [-0.05, 0) is 12.0 Å². The highest BCUT2D eigenvalue weighted by Gasteiger charge is 2.32. The number of nitrogens with zero attached hydrogens (tertiary/aromatic N) is 1. The molecule has 0 radical (unpaired) electrons. The molecule has 1 aromatic carbocycles. The van der Waals surface area contributed by atoms with Crippen LogP contribution in [0.5, 0.6) is 0 Å². The monoisotopic (exact) mass is 242 g/mol. The molecule has 92 valence electrons. The van der Waals surface area contributed by atoms with E-state index in [1.807, 2.05) is 35.3 Å². The molecule has 0 bridgehead atoms. The van der Waals surface area contributed by atoms with E-state index in [0.717, 1.165) is 11.3 Å². The van der Waals surface area contributed by atoms with Gasteiger partial charge in [-0.25, -0.2) is 5.43 Å². The molecule has 4 nitrogen and oxygen atoms in total. The fourth-order valence-corrected chi connectivity index (χ4v) is 2.26. The van der Waals surface area contributed by atoms with Gasteiger partial charge in [0.25, 0.3) is 0 Å². The molecule has 0 aromatic heterocycles. The molecule has 1 unspecified atom stereocenters. The van der Waals surface area contributed by atoms with Crippen LogP contribution in [0.3, 0.4) is 0 Å². The maximum Gasteiger partial charge on any atom is 0.157 e. The lowest BCUT2D eigenvalue weighted by Gasteiger charge is -2.35. The standard InChI is InChI=1S/C14H14N2O2/c17-14-9-15-16-6-7-18-10-13(16)12(14)8-11-4-2-1-3-5-11/h1-7,10,12,15H,8-9H2. The van der Waals surface area contributed by atoms with E-state index in [1.54, 1.807) is 18.7 Å². The second-order valence-corrected chi connectivity index (χ2v) is 4.38. The Morgan fingerprint density at radius 3 is 3.00 bits per heavy atom. The highest BCUT2D eigenvalue weighted by molar-refractivity contribution is 5.86. The summed E-state index contributed by atoms with van der Waals surface area (Å²) in [5.41, 5.74) is 5.07. The Morgan fingerprint density at radius 1 is 1.33 bits per heavy atom. The largest absolute Gasteiger partial charge is 0.469 e. The molecular formula is C14H14N2O2. The van der Waals surface area contributed by atoms with Crippen molar-refractivity contribution in [2.45, 2.75) is 6.42 Å². The number of hydrazine groups is 1. The van der Waals surface area contributed by atoms with Crippen LogP contribution in [0.25, 0.3) is 0 Å². The van der Waals surface area contributed by atoms with Crippen molar-refractivity contribution < 1.29 is 9.53 Å². The van der Waals surface area contributed by atoms with Gasteiger partial charge in [0, 0.05) is 0 Å². The fraction of sp³-hybridized carbons (Fsp3) is 0.214. The third-order valence-electron chi connectivity index (χ3n) is 3.21. The zero-order valence-electron chi connectivity index (χ0n) is 9.87. The lowest BCUT2D eigenvalue weighted by atomic mass is 9.90. The summed E-state index contributed by atoms with van der Waals surface area (Å²) >= 11 is 0. The van der Waals surface area contributed by atoms with Crippen LogP contribution >= 0.6 is 0 Å². The van der Waals surface area contributed by atoms with Gasteiger partial charge in [-0.15, -0.1) is 0 Å². The van der Waals surface area contributed by atoms with Crippen molar-refractivity contribution in [3.63, 3.8) is 0 Å². The first-order valence-corrected chi connectivity index (χ1v) is 5.96. The Bertz CT molecular complexity index is 508. The molecule has 1 saturated heterocycles. The second-order valence-electron chi connectivity index (χ2n) is 4.38. The number of carbonyl (C=O) groups excluding carboxylic acids is 1. The van der Waals surface area contributed by atoms with Crippen LogP contribution in [-0.2, 0) is 16.0 Å². The van der Waals surface area contributed by atoms with E-state index in [-0.39, 0.29) is 11.7 Å². The van der Waals surface area contributed by atoms with Crippen LogP contribution in [-0.4, -0.2) is 17.3 Å². The van der Waals surface area contributed by atoms with Gasteiger partial charge in [0.05, 0.1) is 24.4 Å². The quantitative estimate of drug-likeness (QED) is 0.855. The molecule has 1 fully saturated rings. The minimum absolute atomic E-state index is 0.140. The number of allylic oxidation sites excluding steroid dienone is 1. The van der Waals surface area contributed by atoms with Crippen LogP contribution in [0.1, 0.15) is 5.56 Å². The fourth-order valence-electron chi connectivity index (χ4n) is 2.26. The van der Waals surface area contributed by atoms with Gasteiger partial charge in [-0.1, -0.05) is 30.3 Å². The van der Waals surface area contributed by atoms with E-state index in [0.29, 0.717) is 13.0 Å². The molecule has 0 saturated carbocycles. The summed E-state index contributed by atoms with van der Waals surface area (Å²) in [6.07, 6.45) is 5.73. The van der Waals surface area contributed by atoms with Gasteiger partial charge in [0.15, 0.2) is 5.78 Å². The number of hydrogen-bond donors (Lipinski definition) is 1. The molecule has 1 N–H and O–H groups in total. The predicted molar refractivity (Wildman–Crippen MR) is 66.8 cm³/mol. The van der Waals surface area contributed by atoms with Crippen molar-refractivity contribution in [2.24, 2.45) is 5.92 Å². The van der Waals surface area contributed by atoms with Gasteiger partial charge in [-0.3, -0.25) is 9.80 Å². The Kier molecular flexibility index (Phi) is 2.86. The maximum absolute atomic E-state index is 12.0. The summed E-state index contributed by atoms with van der Waals surface area (Å²) in [6.45, 7) is 0.360. The van der Waals surface area contributed by atoms with E-state index in [2.05, 4.69) is 5.43 Å². The first-order valence-electron chi connectivity index (χ1n) is 5.96. The van der Waals surface area contributed by atoms with Gasteiger partial charge >= 0.3 is 0 Å². The number of ketones is 1. The number of carbonyl (C=O) groups is 1. The number of benzene rings is 1. The summed E-state index contributed by atoms with van der Waals surface area (Å²) in [4.78, 5) is 12.0. The zero-order valence-corrected chi connectivity index (χ0v) is 9.87. The minimum Gasteiger partial charge on any atom is -0.469 e. The molecule has 0 amide bonds. The minimum atomic E-state index is -0.140. The first kappa shape index (κ1) is 11.0.